The van der Waals surface area contributed by atoms with E-state index < -0.39 is 5.82 Å². The van der Waals surface area contributed by atoms with Crippen molar-refractivity contribution >= 4 is 5.91 Å². The summed E-state index contributed by atoms with van der Waals surface area (Å²) in [5.41, 5.74) is 1.57. The molecule has 1 aromatic heterocycles. The van der Waals surface area contributed by atoms with E-state index in [0.29, 0.717) is 5.56 Å². The predicted octanol–water partition coefficient (Wildman–Crippen LogP) is 2.54. The van der Waals surface area contributed by atoms with Crippen molar-refractivity contribution < 1.29 is 9.18 Å². The number of fused-ring (bicyclic) bond motifs is 2. The van der Waals surface area contributed by atoms with E-state index in [1.165, 1.54) is 17.8 Å². The van der Waals surface area contributed by atoms with Gasteiger partial charge in [-0.25, -0.2) is 4.39 Å². The van der Waals surface area contributed by atoms with Gasteiger partial charge in [0.25, 0.3) is 5.91 Å². The van der Waals surface area contributed by atoms with Crippen LogP contribution in [-0.4, -0.2) is 27.9 Å². The Kier molecular flexibility index (Phi) is 2.65. The van der Waals surface area contributed by atoms with Crippen molar-refractivity contribution in [1.82, 2.24) is 9.88 Å². The van der Waals surface area contributed by atoms with Crippen LogP contribution in [0.5, 0.6) is 0 Å². The summed E-state index contributed by atoms with van der Waals surface area (Å²) in [5, 5.41) is 0. The maximum absolute atomic E-state index is 13.1. The van der Waals surface area contributed by atoms with Crippen molar-refractivity contribution in [3.8, 4) is 0 Å². The second-order valence-corrected chi connectivity index (χ2v) is 5.15. The van der Waals surface area contributed by atoms with Gasteiger partial charge in [0.2, 0.25) is 0 Å². The number of carbonyl (C=O) groups is 1. The standard InChI is InChI=1S/C14H15FN2O/c1-9-4-12-2-3-13(5-9)17(12)14(18)10-6-11(15)8-16-7-10/h6-8,12-13H,1-5H2. The first-order valence-electron chi connectivity index (χ1n) is 6.25. The first-order valence-corrected chi connectivity index (χ1v) is 6.25. The zero-order chi connectivity index (χ0) is 12.7. The number of nitrogens with zero attached hydrogens (tertiary/aromatic N) is 2. The number of amides is 1. The van der Waals surface area contributed by atoms with Crippen LogP contribution in [0.3, 0.4) is 0 Å². The van der Waals surface area contributed by atoms with Gasteiger partial charge in [0.05, 0.1) is 11.8 Å². The van der Waals surface area contributed by atoms with Crippen LogP contribution in [-0.2, 0) is 0 Å². The molecule has 0 saturated carbocycles. The smallest absolute Gasteiger partial charge is 0.256 e. The van der Waals surface area contributed by atoms with Gasteiger partial charge in [0.15, 0.2) is 0 Å². The molecule has 94 valence electrons. The fourth-order valence-corrected chi connectivity index (χ4v) is 3.12. The molecule has 4 heteroatoms. The van der Waals surface area contributed by atoms with Crippen LogP contribution >= 0.6 is 0 Å². The molecule has 0 spiro atoms. The Hall–Kier alpha value is -1.71. The summed E-state index contributed by atoms with van der Waals surface area (Å²) in [7, 11) is 0. The molecule has 0 N–H and O–H groups in total. The molecular weight excluding hydrogens is 231 g/mol. The number of rotatable bonds is 1. The number of halogens is 1. The second-order valence-electron chi connectivity index (χ2n) is 5.15. The van der Waals surface area contributed by atoms with Crippen LogP contribution in [0.1, 0.15) is 36.0 Å². The lowest BCUT2D eigenvalue weighted by Crippen LogP contribution is -2.44. The second kappa shape index (κ2) is 4.19. The minimum Gasteiger partial charge on any atom is -0.332 e. The fraction of sp³-hybridized carbons (Fsp3) is 0.429. The van der Waals surface area contributed by atoms with Crippen LogP contribution in [0, 0.1) is 5.82 Å². The monoisotopic (exact) mass is 246 g/mol. The Bertz CT molecular complexity index is 498. The zero-order valence-corrected chi connectivity index (χ0v) is 10.1. The van der Waals surface area contributed by atoms with Crippen LogP contribution in [0.2, 0.25) is 0 Å². The van der Waals surface area contributed by atoms with Crippen molar-refractivity contribution in [3.05, 3.63) is 42.0 Å². The lowest BCUT2D eigenvalue weighted by Gasteiger charge is -2.35. The lowest BCUT2D eigenvalue weighted by molar-refractivity contribution is 0.0634. The van der Waals surface area contributed by atoms with Crippen LogP contribution in [0.4, 0.5) is 4.39 Å². The highest BCUT2D eigenvalue weighted by Gasteiger charge is 2.41. The highest BCUT2D eigenvalue weighted by Crippen LogP contribution is 2.38. The number of aromatic nitrogens is 1. The molecule has 2 atom stereocenters. The Morgan fingerprint density at radius 1 is 1.33 bits per heavy atom. The molecule has 3 nitrogen and oxygen atoms in total. The molecule has 2 bridgehead atoms. The van der Waals surface area contributed by atoms with Crippen molar-refractivity contribution in [2.75, 3.05) is 0 Å². The van der Waals surface area contributed by atoms with Gasteiger partial charge in [-0.3, -0.25) is 9.78 Å². The van der Waals surface area contributed by atoms with Gasteiger partial charge in [0.1, 0.15) is 5.82 Å². The minimum absolute atomic E-state index is 0.0954. The quantitative estimate of drug-likeness (QED) is 0.713. The molecule has 2 aliphatic rings. The summed E-state index contributed by atoms with van der Waals surface area (Å²) >= 11 is 0. The van der Waals surface area contributed by atoms with E-state index >= 15 is 0 Å². The van der Waals surface area contributed by atoms with E-state index in [4.69, 9.17) is 0 Å². The molecule has 0 radical (unpaired) electrons. The number of piperidine rings is 1. The molecule has 2 saturated heterocycles. The summed E-state index contributed by atoms with van der Waals surface area (Å²) in [6.45, 7) is 4.03. The average Bonchev–Trinajstić information content (AvgIpc) is 2.61. The van der Waals surface area contributed by atoms with Gasteiger partial charge in [-0.2, -0.15) is 0 Å². The summed E-state index contributed by atoms with van der Waals surface area (Å²) in [6, 6.07) is 1.75. The molecule has 1 amide bonds. The third-order valence-electron chi connectivity index (χ3n) is 3.85. The molecule has 2 unspecified atom stereocenters. The van der Waals surface area contributed by atoms with E-state index in [-0.39, 0.29) is 18.0 Å². The van der Waals surface area contributed by atoms with E-state index in [2.05, 4.69) is 11.6 Å². The number of hydrogen-bond acceptors (Lipinski definition) is 2. The van der Waals surface area contributed by atoms with Gasteiger partial charge in [-0.1, -0.05) is 12.2 Å². The predicted molar refractivity (Wildman–Crippen MR) is 65.5 cm³/mol. The summed E-state index contributed by atoms with van der Waals surface area (Å²) in [5.74, 6) is -0.559. The Balaban J connectivity index is 1.88. The van der Waals surface area contributed by atoms with E-state index in [1.54, 1.807) is 0 Å². The highest BCUT2D eigenvalue weighted by molar-refractivity contribution is 5.94. The third kappa shape index (κ3) is 1.82. The molecule has 18 heavy (non-hydrogen) atoms. The summed E-state index contributed by atoms with van der Waals surface area (Å²) in [4.78, 5) is 18.1. The normalized spacial score (nSPS) is 26.5. The molecule has 2 aliphatic heterocycles. The SMILES string of the molecule is C=C1CC2CCC(C1)N2C(=O)c1cncc(F)c1. The highest BCUT2D eigenvalue weighted by atomic mass is 19.1. The maximum Gasteiger partial charge on any atom is 0.256 e. The largest absolute Gasteiger partial charge is 0.332 e. The van der Waals surface area contributed by atoms with E-state index in [0.717, 1.165) is 31.9 Å². The minimum atomic E-state index is -0.463. The summed E-state index contributed by atoms with van der Waals surface area (Å²) < 4.78 is 13.1. The lowest BCUT2D eigenvalue weighted by atomic mass is 9.97. The van der Waals surface area contributed by atoms with Crippen LogP contribution in [0.15, 0.2) is 30.6 Å². The molecule has 0 aliphatic carbocycles. The number of hydrogen-bond donors (Lipinski definition) is 0. The molecular formula is C14H15FN2O. The van der Waals surface area contributed by atoms with Gasteiger partial charge >= 0.3 is 0 Å². The van der Waals surface area contributed by atoms with Gasteiger partial charge in [-0.05, 0) is 31.7 Å². The first-order chi connectivity index (χ1) is 8.65. The number of carbonyl (C=O) groups excluding carboxylic acids is 1. The number of pyridine rings is 1. The first kappa shape index (κ1) is 11.4. The van der Waals surface area contributed by atoms with E-state index in [9.17, 15) is 9.18 Å². The molecule has 1 aromatic rings. The fourth-order valence-electron chi connectivity index (χ4n) is 3.12. The Morgan fingerprint density at radius 3 is 2.61 bits per heavy atom. The van der Waals surface area contributed by atoms with Crippen molar-refractivity contribution in [3.63, 3.8) is 0 Å². The van der Waals surface area contributed by atoms with Gasteiger partial charge in [0, 0.05) is 18.3 Å². The average molecular weight is 246 g/mol. The maximum atomic E-state index is 13.1. The topological polar surface area (TPSA) is 33.2 Å². The van der Waals surface area contributed by atoms with Crippen molar-refractivity contribution in [2.45, 2.75) is 37.8 Å². The summed E-state index contributed by atoms with van der Waals surface area (Å²) in [6.07, 6.45) is 6.37. The molecule has 2 fully saturated rings. The third-order valence-corrected chi connectivity index (χ3v) is 3.85. The van der Waals surface area contributed by atoms with Crippen LogP contribution < -0.4 is 0 Å². The zero-order valence-electron chi connectivity index (χ0n) is 10.1. The van der Waals surface area contributed by atoms with Gasteiger partial charge < -0.3 is 4.90 Å². The molecule has 3 rings (SSSR count). The molecule has 3 heterocycles. The van der Waals surface area contributed by atoms with Gasteiger partial charge in [-0.15, -0.1) is 0 Å². The van der Waals surface area contributed by atoms with Crippen molar-refractivity contribution in [2.24, 2.45) is 0 Å². The van der Waals surface area contributed by atoms with Crippen LogP contribution in [0.25, 0.3) is 0 Å². The molecule has 0 aromatic carbocycles. The van der Waals surface area contributed by atoms with E-state index in [1.807, 2.05) is 4.90 Å². The Labute approximate surface area is 105 Å². The van der Waals surface area contributed by atoms with Crippen molar-refractivity contribution in [1.29, 1.82) is 0 Å². The Morgan fingerprint density at radius 2 is 2.00 bits per heavy atom.